The van der Waals surface area contributed by atoms with Crippen LogP contribution in [0, 0.1) is 0 Å². The first-order valence-corrected chi connectivity index (χ1v) is 6.55. The van der Waals surface area contributed by atoms with Crippen molar-refractivity contribution in [1.82, 2.24) is 15.3 Å². The fourth-order valence-electron chi connectivity index (χ4n) is 2.43. The van der Waals surface area contributed by atoms with Crippen molar-refractivity contribution in [2.75, 3.05) is 6.54 Å². The summed E-state index contributed by atoms with van der Waals surface area (Å²) in [6.07, 6.45) is 4.35. The van der Waals surface area contributed by atoms with Gasteiger partial charge in [-0.1, -0.05) is 36.6 Å². The minimum atomic E-state index is 0.405. The molecule has 4 heteroatoms. The van der Waals surface area contributed by atoms with Crippen molar-refractivity contribution in [3.63, 3.8) is 0 Å². The molecule has 3 nitrogen and oxygen atoms in total. The van der Waals surface area contributed by atoms with Gasteiger partial charge in [-0.2, -0.15) is 0 Å². The second-order valence-electron chi connectivity index (χ2n) is 4.74. The Hall–Kier alpha value is -1.55. The van der Waals surface area contributed by atoms with Crippen LogP contribution in [-0.2, 0) is 0 Å². The van der Waals surface area contributed by atoms with E-state index in [1.165, 1.54) is 23.9 Å². The van der Waals surface area contributed by atoms with E-state index in [1.807, 2.05) is 6.20 Å². The molecule has 1 aliphatic heterocycles. The fourth-order valence-corrected chi connectivity index (χ4v) is 2.43. The van der Waals surface area contributed by atoms with Gasteiger partial charge in [-0.3, -0.25) is 0 Å². The number of aromatic amines is 1. The molecular formula is C14H17BN3. The van der Waals surface area contributed by atoms with Crippen molar-refractivity contribution < 1.29 is 0 Å². The Morgan fingerprint density at radius 2 is 2.11 bits per heavy atom. The maximum atomic E-state index is 4.49. The number of nitrogens with one attached hydrogen (secondary N) is 2. The maximum absolute atomic E-state index is 4.49. The molecule has 1 fully saturated rings. The van der Waals surface area contributed by atoms with E-state index >= 15 is 0 Å². The van der Waals surface area contributed by atoms with Crippen molar-refractivity contribution in [1.29, 1.82) is 0 Å². The molecule has 0 spiro atoms. The van der Waals surface area contributed by atoms with Crippen LogP contribution in [0.5, 0.6) is 0 Å². The van der Waals surface area contributed by atoms with Crippen LogP contribution in [0.1, 0.15) is 24.7 Å². The molecule has 1 saturated heterocycles. The van der Waals surface area contributed by atoms with Crippen LogP contribution in [0.4, 0.5) is 0 Å². The molecule has 0 saturated carbocycles. The summed E-state index contributed by atoms with van der Waals surface area (Å²) in [5, 5.41) is 3.46. The van der Waals surface area contributed by atoms with Crippen molar-refractivity contribution in [3.8, 4) is 11.3 Å². The average Bonchev–Trinajstić information content (AvgIpc) is 3.09. The number of nitrogens with zero attached hydrogens (tertiary/aromatic N) is 1. The summed E-state index contributed by atoms with van der Waals surface area (Å²) < 4.78 is 0. The molecule has 0 bridgehead atoms. The molecule has 1 aromatic carbocycles. The second-order valence-corrected chi connectivity index (χ2v) is 4.74. The van der Waals surface area contributed by atoms with E-state index in [-0.39, 0.29) is 0 Å². The lowest BCUT2D eigenvalue weighted by atomic mass is 9.73. The Morgan fingerprint density at radius 3 is 2.78 bits per heavy atom. The summed E-state index contributed by atoms with van der Waals surface area (Å²) in [4.78, 5) is 7.92. The molecule has 0 amide bonds. The van der Waals surface area contributed by atoms with Gasteiger partial charge < -0.3 is 10.3 Å². The van der Waals surface area contributed by atoms with Crippen LogP contribution in [0.3, 0.4) is 0 Å². The van der Waals surface area contributed by atoms with Gasteiger partial charge in [0.2, 0.25) is 0 Å². The molecule has 3 rings (SSSR count). The maximum Gasteiger partial charge on any atom is 0.148 e. The third kappa shape index (κ3) is 2.20. The summed E-state index contributed by atoms with van der Waals surface area (Å²) in [5.41, 5.74) is 3.54. The SMILES string of the molecule is C[B]c1ccc(-c2cnc(C3CCCN3)[nH]2)cc1. The van der Waals surface area contributed by atoms with E-state index in [0.717, 1.165) is 18.1 Å². The van der Waals surface area contributed by atoms with Gasteiger partial charge in [-0.25, -0.2) is 4.98 Å². The Morgan fingerprint density at radius 1 is 1.28 bits per heavy atom. The molecule has 1 aromatic heterocycles. The highest BCUT2D eigenvalue weighted by molar-refractivity contribution is 6.51. The quantitative estimate of drug-likeness (QED) is 0.801. The molecule has 1 aliphatic rings. The highest BCUT2D eigenvalue weighted by Gasteiger charge is 2.19. The van der Waals surface area contributed by atoms with Gasteiger partial charge in [0, 0.05) is 0 Å². The van der Waals surface area contributed by atoms with Crippen LogP contribution in [0.25, 0.3) is 11.3 Å². The minimum absolute atomic E-state index is 0.405. The lowest BCUT2D eigenvalue weighted by Crippen LogP contribution is -2.14. The van der Waals surface area contributed by atoms with Crippen LogP contribution < -0.4 is 10.8 Å². The molecule has 91 valence electrons. The first kappa shape index (κ1) is 11.5. The summed E-state index contributed by atoms with van der Waals surface area (Å²) in [5.74, 6) is 1.06. The third-order valence-corrected chi connectivity index (χ3v) is 3.54. The van der Waals surface area contributed by atoms with E-state index in [0.29, 0.717) is 6.04 Å². The normalized spacial score (nSPS) is 19.1. The molecule has 1 radical (unpaired) electrons. The van der Waals surface area contributed by atoms with Crippen molar-refractivity contribution in [2.24, 2.45) is 0 Å². The molecule has 1 unspecified atom stereocenters. The van der Waals surface area contributed by atoms with E-state index in [9.17, 15) is 0 Å². The average molecular weight is 238 g/mol. The van der Waals surface area contributed by atoms with Gasteiger partial charge in [0.1, 0.15) is 13.1 Å². The van der Waals surface area contributed by atoms with Gasteiger partial charge in [-0.15, -0.1) is 0 Å². The van der Waals surface area contributed by atoms with Crippen molar-refractivity contribution >= 4 is 12.7 Å². The Labute approximate surface area is 108 Å². The molecule has 2 heterocycles. The number of H-pyrrole nitrogens is 1. The second kappa shape index (κ2) is 4.98. The van der Waals surface area contributed by atoms with Gasteiger partial charge in [0.05, 0.1) is 17.9 Å². The highest BCUT2D eigenvalue weighted by atomic mass is 15.0. The predicted octanol–water partition coefficient (Wildman–Crippen LogP) is 1.88. The number of hydrogen-bond acceptors (Lipinski definition) is 2. The standard InChI is InChI=1S/C14H17BN3/c1-15-11-6-4-10(5-7-11)13-9-17-14(18-13)12-3-2-8-16-12/h4-7,9,12,16H,2-3,8H2,1H3,(H,17,18). The fraction of sp³-hybridized carbons (Fsp3) is 0.357. The number of benzene rings is 1. The summed E-state index contributed by atoms with van der Waals surface area (Å²) in [7, 11) is 2.10. The lowest BCUT2D eigenvalue weighted by Gasteiger charge is -2.05. The zero-order valence-corrected chi connectivity index (χ0v) is 10.6. The van der Waals surface area contributed by atoms with Crippen LogP contribution in [0.2, 0.25) is 6.82 Å². The number of aromatic nitrogens is 2. The first-order chi connectivity index (χ1) is 8.86. The molecular weight excluding hydrogens is 221 g/mol. The molecule has 2 N–H and O–H groups in total. The Balaban J connectivity index is 1.82. The zero-order valence-electron chi connectivity index (χ0n) is 10.6. The Bertz CT molecular complexity index is 512. The Kier molecular flexibility index (Phi) is 3.20. The molecule has 0 aliphatic carbocycles. The number of imidazole rings is 1. The topological polar surface area (TPSA) is 40.7 Å². The molecule has 1 atom stereocenters. The molecule has 2 aromatic rings. The van der Waals surface area contributed by atoms with Crippen LogP contribution in [-0.4, -0.2) is 23.8 Å². The number of hydrogen-bond donors (Lipinski definition) is 2. The smallest absolute Gasteiger partial charge is 0.148 e. The zero-order chi connectivity index (χ0) is 12.4. The largest absolute Gasteiger partial charge is 0.341 e. The monoisotopic (exact) mass is 238 g/mol. The van der Waals surface area contributed by atoms with Crippen molar-refractivity contribution in [3.05, 3.63) is 36.3 Å². The highest BCUT2D eigenvalue weighted by Crippen LogP contribution is 2.23. The summed E-state index contributed by atoms with van der Waals surface area (Å²) in [6.45, 7) is 3.15. The van der Waals surface area contributed by atoms with Crippen molar-refractivity contribution in [2.45, 2.75) is 25.7 Å². The molecule has 18 heavy (non-hydrogen) atoms. The lowest BCUT2D eigenvalue weighted by molar-refractivity contribution is 0.613. The predicted molar refractivity (Wildman–Crippen MR) is 75.3 cm³/mol. The van der Waals surface area contributed by atoms with E-state index in [2.05, 4.69) is 53.7 Å². The van der Waals surface area contributed by atoms with Gasteiger partial charge >= 0.3 is 0 Å². The summed E-state index contributed by atoms with van der Waals surface area (Å²) >= 11 is 0. The van der Waals surface area contributed by atoms with Crippen LogP contribution >= 0.6 is 0 Å². The minimum Gasteiger partial charge on any atom is -0.341 e. The van der Waals surface area contributed by atoms with Gasteiger partial charge in [0.15, 0.2) is 0 Å². The van der Waals surface area contributed by atoms with E-state index in [1.54, 1.807) is 0 Å². The number of rotatable bonds is 3. The van der Waals surface area contributed by atoms with E-state index in [4.69, 9.17) is 0 Å². The van der Waals surface area contributed by atoms with Gasteiger partial charge in [0.25, 0.3) is 0 Å². The van der Waals surface area contributed by atoms with Gasteiger partial charge in [-0.05, 0) is 24.9 Å². The summed E-state index contributed by atoms with van der Waals surface area (Å²) in [6, 6.07) is 8.93. The first-order valence-electron chi connectivity index (χ1n) is 6.55. The third-order valence-electron chi connectivity index (χ3n) is 3.54. The van der Waals surface area contributed by atoms with E-state index < -0.39 is 0 Å². The van der Waals surface area contributed by atoms with Crippen LogP contribution in [0.15, 0.2) is 30.5 Å².